The summed E-state index contributed by atoms with van der Waals surface area (Å²) < 4.78 is 0. The Morgan fingerprint density at radius 3 is 2.19 bits per heavy atom. The summed E-state index contributed by atoms with van der Waals surface area (Å²) in [6.45, 7) is 1.72. The Hall–Kier alpha value is -0.400. The van der Waals surface area contributed by atoms with Gasteiger partial charge in [-0.05, 0) is 19.8 Å². The van der Waals surface area contributed by atoms with Gasteiger partial charge in [0, 0.05) is 6.54 Å². The van der Waals surface area contributed by atoms with Gasteiger partial charge in [0.15, 0.2) is 0 Å². The van der Waals surface area contributed by atoms with Gasteiger partial charge in [0.2, 0.25) is 5.91 Å². The van der Waals surface area contributed by atoms with Crippen LogP contribution in [-0.2, 0) is 9.59 Å². The SMILES string of the molecule is CC(O)CNC(=O)C(S)CCC(S)C(=O)O. The number of carboxylic acids is 1. The third-order valence-corrected chi connectivity index (χ3v) is 2.84. The predicted molar refractivity (Wildman–Crippen MR) is 67.1 cm³/mol. The Morgan fingerprint density at radius 2 is 1.75 bits per heavy atom. The Morgan fingerprint density at radius 1 is 1.25 bits per heavy atom. The highest BCUT2D eigenvalue weighted by molar-refractivity contribution is 7.82. The third-order valence-electron chi connectivity index (χ3n) is 1.87. The van der Waals surface area contributed by atoms with Crippen molar-refractivity contribution >= 4 is 37.1 Å². The first-order valence-electron chi connectivity index (χ1n) is 4.89. The van der Waals surface area contributed by atoms with E-state index in [-0.39, 0.29) is 18.9 Å². The van der Waals surface area contributed by atoms with Crippen LogP contribution in [0, 0.1) is 0 Å². The Labute approximate surface area is 105 Å². The highest BCUT2D eigenvalue weighted by atomic mass is 32.1. The van der Waals surface area contributed by atoms with Gasteiger partial charge in [0.1, 0.15) is 0 Å². The molecule has 0 aromatic rings. The van der Waals surface area contributed by atoms with Crippen LogP contribution >= 0.6 is 25.3 Å². The minimum atomic E-state index is -1.01. The predicted octanol–water partition coefficient (Wildman–Crippen LogP) is -0.0550. The second kappa shape index (κ2) is 7.81. The molecular weight excluding hydrogens is 250 g/mol. The third kappa shape index (κ3) is 6.97. The van der Waals surface area contributed by atoms with Gasteiger partial charge in [-0.15, -0.1) is 0 Å². The van der Waals surface area contributed by atoms with Crippen LogP contribution in [0.4, 0.5) is 0 Å². The molecule has 0 bridgehead atoms. The Balaban J connectivity index is 3.83. The van der Waals surface area contributed by atoms with Crippen LogP contribution in [0.3, 0.4) is 0 Å². The molecule has 0 fully saturated rings. The monoisotopic (exact) mass is 267 g/mol. The minimum Gasteiger partial charge on any atom is -0.480 e. The van der Waals surface area contributed by atoms with Crippen LogP contribution in [0.5, 0.6) is 0 Å². The van der Waals surface area contributed by atoms with E-state index >= 15 is 0 Å². The fraction of sp³-hybridized carbons (Fsp3) is 0.778. The van der Waals surface area contributed by atoms with E-state index in [0.717, 1.165) is 0 Å². The number of carbonyl (C=O) groups excluding carboxylic acids is 1. The van der Waals surface area contributed by atoms with Crippen molar-refractivity contribution < 1.29 is 19.8 Å². The highest BCUT2D eigenvalue weighted by Crippen LogP contribution is 2.11. The van der Waals surface area contributed by atoms with E-state index in [1.165, 1.54) is 0 Å². The molecule has 3 unspecified atom stereocenters. The van der Waals surface area contributed by atoms with Crippen molar-refractivity contribution in [2.24, 2.45) is 0 Å². The van der Waals surface area contributed by atoms with Gasteiger partial charge >= 0.3 is 5.97 Å². The number of hydrogen-bond donors (Lipinski definition) is 5. The molecule has 7 heteroatoms. The summed E-state index contributed by atoms with van der Waals surface area (Å²) in [6.07, 6.45) is -0.00894. The molecule has 0 aromatic heterocycles. The van der Waals surface area contributed by atoms with E-state index < -0.39 is 22.6 Å². The van der Waals surface area contributed by atoms with Crippen molar-refractivity contribution in [2.45, 2.75) is 36.4 Å². The van der Waals surface area contributed by atoms with E-state index in [2.05, 4.69) is 30.6 Å². The van der Waals surface area contributed by atoms with Crippen molar-refractivity contribution in [3.63, 3.8) is 0 Å². The molecule has 0 aliphatic rings. The highest BCUT2D eigenvalue weighted by Gasteiger charge is 2.18. The lowest BCUT2D eigenvalue weighted by Gasteiger charge is -2.13. The molecule has 0 saturated carbocycles. The number of aliphatic hydroxyl groups excluding tert-OH is 1. The molecule has 3 atom stereocenters. The lowest BCUT2D eigenvalue weighted by atomic mass is 10.1. The maximum atomic E-state index is 11.4. The minimum absolute atomic E-state index is 0.166. The zero-order valence-corrected chi connectivity index (χ0v) is 10.7. The normalized spacial score (nSPS) is 16.2. The van der Waals surface area contributed by atoms with Crippen LogP contribution in [0.25, 0.3) is 0 Å². The molecule has 0 aliphatic heterocycles. The summed E-state index contributed by atoms with van der Waals surface area (Å²) in [5, 5.41) is 18.7. The topological polar surface area (TPSA) is 86.6 Å². The number of aliphatic carboxylic acids is 1. The molecule has 0 aromatic carbocycles. The van der Waals surface area contributed by atoms with Crippen LogP contribution in [0.1, 0.15) is 19.8 Å². The first kappa shape index (κ1) is 15.6. The number of hydrogen-bond acceptors (Lipinski definition) is 5. The van der Waals surface area contributed by atoms with Gasteiger partial charge in [-0.2, -0.15) is 25.3 Å². The summed E-state index contributed by atoms with van der Waals surface area (Å²) in [6, 6.07) is 0. The standard InChI is InChI=1S/C9H17NO4S2/c1-5(11)4-10-8(12)6(15)2-3-7(16)9(13)14/h5-7,11,15-16H,2-4H2,1H3,(H,10,12)(H,13,14). The summed E-state index contributed by atoms with van der Waals surface area (Å²) in [7, 11) is 0. The van der Waals surface area contributed by atoms with Crippen LogP contribution < -0.4 is 5.32 Å². The molecule has 5 nitrogen and oxygen atoms in total. The maximum absolute atomic E-state index is 11.4. The van der Waals surface area contributed by atoms with Crippen molar-refractivity contribution in [3.05, 3.63) is 0 Å². The Bertz CT molecular complexity index is 248. The Kier molecular flexibility index (Phi) is 7.61. The molecule has 0 radical (unpaired) electrons. The molecule has 0 spiro atoms. The fourth-order valence-electron chi connectivity index (χ4n) is 0.936. The van der Waals surface area contributed by atoms with Crippen molar-refractivity contribution in [2.75, 3.05) is 6.54 Å². The molecule has 16 heavy (non-hydrogen) atoms. The van der Waals surface area contributed by atoms with Gasteiger partial charge < -0.3 is 15.5 Å². The second-order valence-corrected chi connectivity index (χ2v) is 4.79. The molecule has 94 valence electrons. The molecular formula is C9H17NO4S2. The van der Waals surface area contributed by atoms with E-state index in [0.29, 0.717) is 6.42 Å². The van der Waals surface area contributed by atoms with Gasteiger partial charge in [0.25, 0.3) is 0 Å². The molecule has 0 rings (SSSR count). The number of nitrogens with one attached hydrogen (secondary N) is 1. The lowest BCUT2D eigenvalue weighted by Crippen LogP contribution is -2.36. The fourth-order valence-corrected chi connectivity index (χ4v) is 1.33. The summed E-state index contributed by atoms with van der Waals surface area (Å²) >= 11 is 7.90. The number of rotatable bonds is 7. The van der Waals surface area contributed by atoms with E-state index in [1.54, 1.807) is 6.92 Å². The summed E-state index contributed by atoms with van der Waals surface area (Å²) in [4.78, 5) is 21.8. The first-order chi connectivity index (χ1) is 7.34. The average Bonchev–Trinajstić information content (AvgIpc) is 2.21. The zero-order chi connectivity index (χ0) is 12.7. The van der Waals surface area contributed by atoms with Crippen molar-refractivity contribution in [1.29, 1.82) is 0 Å². The second-order valence-electron chi connectivity index (χ2n) is 3.54. The maximum Gasteiger partial charge on any atom is 0.316 e. The first-order valence-corrected chi connectivity index (χ1v) is 5.92. The van der Waals surface area contributed by atoms with Crippen LogP contribution in [-0.4, -0.2) is 45.2 Å². The van der Waals surface area contributed by atoms with Crippen LogP contribution in [0.2, 0.25) is 0 Å². The van der Waals surface area contributed by atoms with E-state index in [1.807, 2.05) is 0 Å². The van der Waals surface area contributed by atoms with E-state index in [4.69, 9.17) is 10.2 Å². The molecule has 0 heterocycles. The number of amides is 1. The molecule has 0 aliphatic carbocycles. The largest absolute Gasteiger partial charge is 0.480 e. The van der Waals surface area contributed by atoms with Gasteiger partial charge in [-0.25, -0.2) is 0 Å². The number of carbonyl (C=O) groups is 2. The van der Waals surface area contributed by atoms with Crippen LogP contribution in [0.15, 0.2) is 0 Å². The van der Waals surface area contributed by atoms with Crippen molar-refractivity contribution in [3.8, 4) is 0 Å². The summed E-state index contributed by atoms with van der Waals surface area (Å²) in [5.41, 5.74) is 0. The zero-order valence-electron chi connectivity index (χ0n) is 8.96. The lowest BCUT2D eigenvalue weighted by molar-refractivity contribution is -0.136. The average molecular weight is 267 g/mol. The smallest absolute Gasteiger partial charge is 0.316 e. The number of thiol groups is 2. The van der Waals surface area contributed by atoms with Gasteiger partial charge in [-0.3, -0.25) is 9.59 Å². The van der Waals surface area contributed by atoms with Gasteiger partial charge in [-0.1, -0.05) is 0 Å². The number of carboxylic acid groups (broad SMARTS) is 1. The quantitative estimate of drug-likeness (QED) is 0.418. The van der Waals surface area contributed by atoms with Gasteiger partial charge in [0.05, 0.1) is 16.6 Å². The summed E-state index contributed by atoms with van der Waals surface area (Å²) in [5.74, 6) is -1.32. The van der Waals surface area contributed by atoms with Crippen molar-refractivity contribution in [1.82, 2.24) is 5.32 Å². The van der Waals surface area contributed by atoms with E-state index in [9.17, 15) is 9.59 Å². The molecule has 0 saturated heterocycles. The number of aliphatic hydroxyl groups is 1. The molecule has 1 amide bonds. The molecule has 3 N–H and O–H groups in total.